The number of nitrogens with two attached hydrogens (primary N) is 1. The second-order valence-electron chi connectivity index (χ2n) is 8.37. The van der Waals surface area contributed by atoms with Gasteiger partial charge >= 0.3 is 6.08 Å². The zero-order valence-corrected chi connectivity index (χ0v) is 17.0. The van der Waals surface area contributed by atoms with Crippen molar-refractivity contribution >= 4 is 22.9 Å². The third-order valence-corrected chi connectivity index (χ3v) is 6.16. The van der Waals surface area contributed by atoms with Crippen LogP contribution in [0.4, 0.5) is 10.2 Å². The lowest BCUT2D eigenvalue weighted by atomic mass is 9.98. The molecule has 0 atom stereocenters. The molecule has 2 aromatic heterocycles. The standard InChI is InChI=1S/C22H25FN6O/c1-12-9-14-3-2-4-15(14)10-16(12)11-17-26-18-19(24)27-22(23)28-20(18)29(17)8-7-25-21(30)13-5-6-13/h9-10,13H,2-8,11H2,1H3,(H,25,30)(H2,24,27,28). The van der Waals surface area contributed by atoms with Crippen LogP contribution in [0.15, 0.2) is 12.1 Å². The van der Waals surface area contributed by atoms with Crippen LogP contribution < -0.4 is 11.1 Å². The molecule has 8 heteroatoms. The second-order valence-corrected chi connectivity index (χ2v) is 8.37. The van der Waals surface area contributed by atoms with Crippen molar-refractivity contribution < 1.29 is 9.18 Å². The number of aromatic nitrogens is 4. The number of fused-ring (bicyclic) bond motifs is 2. The highest BCUT2D eigenvalue weighted by atomic mass is 19.1. The molecule has 0 bridgehead atoms. The van der Waals surface area contributed by atoms with Crippen LogP contribution in [-0.2, 0) is 30.6 Å². The van der Waals surface area contributed by atoms with E-state index >= 15 is 0 Å². The minimum atomic E-state index is -0.872. The Morgan fingerprint density at radius 2 is 2.00 bits per heavy atom. The van der Waals surface area contributed by atoms with E-state index < -0.39 is 6.08 Å². The van der Waals surface area contributed by atoms with E-state index in [2.05, 4.69) is 39.3 Å². The fourth-order valence-corrected chi connectivity index (χ4v) is 4.35. The Labute approximate surface area is 173 Å². The van der Waals surface area contributed by atoms with Crippen LogP contribution in [-0.4, -0.2) is 32.0 Å². The number of aryl methyl sites for hydroxylation is 3. The van der Waals surface area contributed by atoms with Crippen LogP contribution in [0.25, 0.3) is 11.2 Å². The summed E-state index contributed by atoms with van der Waals surface area (Å²) in [6.45, 7) is 3.00. The van der Waals surface area contributed by atoms with Crippen LogP contribution >= 0.6 is 0 Å². The molecule has 1 saturated carbocycles. The first kappa shape index (κ1) is 19.0. The van der Waals surface area contributed by atoms with E-state index in [9.17, 15) is 9.18 Å². The summed E-state index contributed by atoms with van der Waals surface area (Å²) in [6.07, 6.45) is 5.07. The van der Waals surface area contributed by atoms with Gasteiger partial charge in [0.1, 0.15) is 5.82 Å². The molecular formula is C22H25FN6O. The van der Waals surface area contributed by atoms with E-state index in [0.29, 0.717) is 30.7 Å². The van der Waals surface area contributed by atoms with Gasteiger partial charge in [-0.3, -0.25) is 4.79 Å². The fourth-order valence-electron chi connectivity index (χ4n) is 4.35. The maximum atomic E-state index is 13.9. The van der Waals surface area contributed by atoms with Crippen molar-refractivity contribution in [1.82, 2.24) is 24.8 Å². The summed E-state index contributed by atoms with van der Waals surface area (Å²) < 4.78 is 15.7. The number of carbonyl (C=O) groups is 1. The number of hydrogen-bond donors (Lipinski definition) is 2. The maximum absolute atomic E-state index is 13.9. The number of benzene rings is 1. The van der Waals surface area contributed by atoms with Gasteiger partial charge in [-0.15, -0.1) is 0 Å². The number of nitrogens with one attached hydrogen (secondary N) is 1. The highest BCUT2D eigenvalue weighted by Crippen LogP contribution is 2.29. The molecule has 0 spiro atoms. The first-order valence-corrected chi connectivity index (χ1v) is 10.6. The minimum absolute atomic E-state index is 0.0326. The number of nitrogen functional groups attached to an aromatic ring is 1. The lowest BCUT2D eigenvalue weighted by Gasteiger charge is -2.12. The topological polar surface area (TPSA) is 98.7 Å². The second kappa shape index (κ2) is 7.34. The summed E-state index contributed by atoms with van der Waals surface area (Å²) in [5.74, 6) is 1.01. The highest BCUT2D eigenvalue weighted by molar-refractivity contribution is 5.82. The first-order chi connectivity index (χ1) is 14.5. The molecule has 5 rings (SSSR count). The molecule has 3 N–H and O–H groups in total. The Morgan fingerprint density at radius 3 is 2.77 bits per heavy atom. The molecule has 3 aromatic rings. The lowest BCUT2D eigenvalue weighted by molar-refractivity contribution is -0.122. The number of anilines is 1. The molecule has 2 aliphatic carbocycles. The van der Waals surface area contributed by atoms with Gasteiger partial charge in [-0.05, 0) is 61.3 Å². The Morgan fingerprint density at radius 1 is 1.23 bits per heavy atom. The molecule has 7 nitrogen and oxygen atoms in total. The average molecular weight is 408 g/mol. The molecule has 1 amide bonds. The number of carbonyl (C=O) groups excluding carboxylic acids is 1. The molecule has 30 heavy (non-hydrogen) atoms. The van der Waals surface area contributed by atoms with Gasteiger partial charge in [0.05, 0.1) is 0 Å². The summed E-state index contributed by atoms with van der Waals surface area (Å²) in [5, 5.41) is 2.96. The van der Waals surface area contributed by atoms with Crippen molar-refractivity contribution in [2.24, 2.45) is 5.92 Å². The van der Waals surface area contributed by atoms with E-state index in [0.717, 1.165) is 31.5 Å². The van der Waals surface area contributed by atoms with E-state index in [1.807, 2.05) is 4.57 Å². The Bertz CT molecular complexity index is 1150. The molecular weight excluding hydrogens is 383 g/mol. The van der Waals surface area contributed by atoms with Crippen LogP contribution in [0.1, 0.15) is 47.3 Å². The van der Waals surface area contributed by atoms with Crippen molar-refractivity contribution in [3.63, 3.8) is 0 Å². The van der Waals surface area contributed by atoms with Gasteiger partial charge in [0, 0.05) is 25.4 Å². The average Bonchev–Trinajstić information content (AvgIpc) is 3.37. The van der Waals surface area contributed by atoms with Gasteiger partial charge in [0.2, 0.25) is 5.91 Å². The van der Waals surface area contributed by atoms with Crippen LogP contribution in [0.2, 0.25) is 0 Å². The molecule has 0 radical (unpaired) electrons. The van der Waals surface area contributed by atoms with Gasteiger partial charge in [-0.2, -0.15) is 14.4 Å². The van der Waals surface area contributed by atoms with Crippen molar-refractivity contribution in [3.05, 3.63) is 46.3 Å². The van der Waals surface area contributed by atoms with E-state index in [1.165, 1.54) is 28.7 Å². The van der Waals surface area contributed by atoms with E-state index in [1.54, 1.807) is 0 Å². The maximum Gasteiger partial charge on any atom is 0.312 e. The largest absolute Gasteiger partial charge is 0.382 e. The number of amides is 1. The van der Waals surface area contributed by atoms with Crippen LogP contribution in [0, 0.1) is 18.9 Å². The Hall–Kier alpha value is -3.03. The summed E-state index contributed by atoms with van der Waals surface area (Å²) in [4.78, 5) is 24.2. The molecule has 1 fully saturated rings. The van der Waals surface area contributed by atoms with Crippen LogP contribution in [0.3, 0.4) is 0 Å². The van der Waals surface area contributed by atoms with Crippen molar-refractivity contribution in [2.45, 2.75) is 52.0 Å². The van der Waals surface area contributed by atoms with Gasteiger partial charge in [-0.25, -0.2) is 4.98 Å². The SMILES string of the molecule is Cc1cc2c(cc1Cc1nc3c(N)nc(F)nc3n1CCNC(=O)C1CC1)CCC2. The van der Waals surface area contributed by atoms with Gasteiger partial charge < -0.3 is 15.6 Å². The fraction of sp³-hybridized carbons (Fsp3) is 0.455. The summed E-state index contributed by atoms with van der Waals surface area (Å²) in [5.41, 5.74) is 12.0. The Kier molecular flexibility index (Phi) is 4.64. The van der Waals surface area contributed by atoms with Gasteiger partial charge in [-0.1, -0.05) is 12.1 Å². The first-order valence-electron chi connectivity index (χ1n) is 10.6. The molecule has 0 aliphatic heterocycles. The normalized spacial score (nSPS) is 15.5. The third-order valence-electron chi connectivity index (χ3n) is 6.16. The van der Waals surface area contributed by atoms with Crippen molar-refractivity contribution in [2.75, 3.05) is 12.3 Å². The molecule has 0 saturated heterocycles. The van der Waals surface area contributed by atoms with Gasteiger partial charge in [0.15, 0.2) is 17.0 Å². The van der Waals surface area contributed by atoms with Gasteiger partial charge in [0.25, 0.3) is 0 Å². The zero-order valence-electron chi connectivity index (χ0n) is 17.0. The van der Waals surface area contributed by atoms with Crippen molar-refractivity contribution in [3.8, 4) is 0 Å². The van der Waals surface area contributed by atoms with E-state index in [-0.39, 0.29) is 17.6 Å². The summed E-state index contributed by atoms with van der Waals surface area (Å²) in [6, 6.07) is 4.54. The summed E-state index contributed by atoms with van der Waals surface area (Å²) in [7, 11) is 0. The predicted molar refractivity (Wildman–Crippen MR) is 111 cm³/mol. The summed E-state index contributed by atoms with van der Waals surface area (Å²) >= 11 is 0. The molecule has 0 unspecified atom stereocenters. The molecule has 156 valence electrons. The zero-order chi connectivity index (χ0) is 20.8. The number of hydrogen-bond acceptors (Lipinski definition) is 5. The van der Waals surface area contributed by atoms with Crippen LogP contribution in [0.5, 0.6) is 0 Å². The quantitative estimate of drug-likeness (QED) is 0.611. The number of nitrogens with zero attached hydrogens (tertiary/aromatic N) is 4. The molecule has 1 aromatic carbocycles. The van der Waals surface area contributed by atoms with E-state index in [4.69, 9.17) is 5.73 Å². The smallest absolute Gasteiger partial charge is 0.312 e. The number of halogens is 1. The molecule has 2 aliphatic rings. The van der Waals surface area contributed by atoms with Crippen molar-refractivity contribution in [1.29, 1.82) is 0 Å². The predicted octanol–water partition coefficient (Wildman–Crippen LogP) is 2.46. The monoisotopic (exact) mass is 408 g/mol. The minimum Gasteiger partial charge on any atom is -0.382 e. The highest BCUT2D eigenvalue weighted by Gasteiger charge is 2.29. The lowest BCUT2D eigenvalue weighted by Crippen LogP contribution is -2.29. The number of rotatable bonds is 6. The molecule has 2 heterocycles. The Balaban J connectivity index is 1.48. The third kappa shape index (κ3) is 3.51. The number of imidazole rings is 1.